The van der Waals surface area contributed by atoms with E-state index in [9.17, 15) is 0 Å². The molecule has 1 aliphatic rings. The third kappa shape index (κ3) is 1.37. The average Bonchev–Trinajstić information content (AvgIpc) is 2.71. The van der Waals surface area contributed by atoms with Crippen LogP contribution >= 0.6 is 0 Å². The smallest absolute Gasteiger partial charge is 0.0591 e. The van der Waals surface area contributed by atoms with Crippen molar-refractivity contribution in [1.29, 1.82) is 0 Å². The molecule has 0 radical (unpaired) electrons. The van der Waals surface area contributed by atoms with Crippen molar-refractivity contribution in [2.24, 2.45) is 0 Å². The van der Waals surface area contributed by atoms with Crippen molar-refractivity contribution in [2.75, 3.05) is 7.05 Å². The Balaban J connectivity index is 2.04. The molecule has 3 heteroatoms. The average molecular weight is 165 g/mol. The first-order chi connectivity index (χ1) is 5.74. The number of hydrogen-bond acceptors (Lipinski definition) is 2. The van der Waals surface area contributed by atoms with Crippen molar-refractivity contribution in [2.45, 2.75) is 31.8 Å². The van der Waals surface area contributed by atoms with Crippen LogP contribution in [0.2, 0.25) is 0 Å². The van der Waals surface area contributed by atoms with Gasteiger partial charge < -0.3 is 5.32 Å². The summed E-state index contributed by atoms with van der Waals surface area (Å²) in [6.45, 7) is 3.08. The molecule has 0 amide bonds. The van der Waals surface area contributed by atoms with Gasteiger partial charge in [-0.05, 0) is 32.4 Å². The quantitative estimate of drug-likeness (QED) is 0.722. The number of likely N-dealkylation sites (N-methyl/N-ethyl adjacent to an activating group) is 1. The van der Waals surface area contributed by atoms with Crippen LogP contribution in [0.3, 0.4) is 0 Å². The first kappa shape index (κ1) is 7.80. The minimum absolute atomic E-state index is 0.360. The van der Waals surface area contributed by atoms with E-state index in [1.54, 1.807) is 0 Å². The maximum atomic E-state index is 4.27. The Hall–Kier alpha value is -0.830. The van der Waals surface area contributed by atoms with Crippen molar-refractivity contribution in [3.8, 4) is 0 Å². The number of nitrogens with one attached hydrogen (secondary N) is 1. The van der Waals surface area contributed by atoms with Crippen LogP contribution in [0.15, 0.2) is 12.4 Å². The molecule has 1 aromatic rings. The van der Waals surface area contributed by atoms with Crippen molar-refractivity contribution in [1.82, 2.24) is 15.1 Å². The van der Waals surface area contributed by atoms with Crippen molar-refractivity contribution in [3.63, 3.8) is 0 Å². The summed E-state index contributed by atoms with van der Waals surface area (Å²) in [4.78, 5) is 0. The van der Waals surface area contributed by atoms with E-state index < -0.39 is 0 Å². The van der Waals surface area contributed by atoms with E-state index >= 15 is 0 Å². The number of hydrogen-bond donors (Lipinski definition) is 1. The number of nitrogens with zero attached hydrogens (tertiary/aromatic N) is 2. The standard InChI is InChI=1S/C9H15N3/c1-8-5-11-12(6-8)7-9(10-2)3-4-9/h5-6,10H,3-4,7H2,1-2H3. The minimum atomic E-state index is 0.360. The summed E-state index contributed by atoms with van der Waals surface area (Å²) < 4.78 is 2.03. The Morgan fingerprint density at radius 2 is 2.42 bits per heavy atom. The Morgan fingerprint density at radius 3 is 2.83 bits per heavy atom. The van der Waals surface area contributed by atoms with Gasteiger partial charge in [-0.3, -0.25) is 4.68 Å². The van der Waals surface area contributed by atoms with Crippen LogP contribution in [-0.4, -0.2) is 22.4 Å². The lowest BCUT2D eigenvalue weighted by Gasteiger charge is -2.13. The van der Waals surface area contributed by atoms with Crippen LogP contribution in [0, 0.1) is 6.92 Å². The number of aryl methyl sites for hydroxylation is 1. The van der Waals surface area contributed by atoms with Gasteiger partial charge in [-0.2, -0.15) is 5.10 Å². The molecular formula is C9H15N3. The highest BCUT2D eigenvalue weighted by Gasteiger charge is 2.41. The molecule has 0 aromatic carbocycles. The van der Waals surface area contributed by atoms with Crippen LogP contribution in [0.4, 0.5) is 0 Å². The van der Waals surface area contributed by atoms with Crippen molar-refractivity contribution < 1.29 is 0 Å². The fourth-order valence-corrected chi connectivity index (χ4v) is 1.50. The maximum Gasteiger partial charge on any atom is 0.0591 e. The van der Waals surface area contributed by atoms with E-state index in [1.807, 2.05) is 17.9 Å². The summed E-state index contributed by atoms with van der Waals surface area (Å²) in [7, 11) is 2.03. The van der Waals surface area contributed by atoms with Crippen LogP contribution < -0.4 is 5.32 Å². The first-order valence-electron chi connectivity index (χ1n) is 4.42. The van der Waals surface area contributed by atoms with Gasteiger partial charge in [0, 0.05) is 11.7 Å². The first-order valence-corrected chi connectivity index (χ1v) is 4.42. The topological polar surface area (TPSA) is 29.9 Å². The number of rotatable bonds is 3. The molecule has 0 spiro atoms. The summed E-state index contributed by atoms with van der Waals surface area (Å²) in [5.74, 6) is 0. The van der Waals surface area contributed by atoms with E-state index in [1.165, 1.54) is 18.4 Å². The lowest BCUT2D eigenvalue weighted by Crippen LogP contribution is -2.32. The molecule has 1 saturated carbocycles. The van der Waals surface area contributed by atoms with Crippen LogP contribution in [0.25, 0.3) is 0 Å². The van der Waals surface area contributed by atoms with Crippen molar-refractivity contribution >= 4 is 0 Å². The summed E-state index contributed by atoms with van der Waals surface area (Å²) >= 11 is 0. The molecule has 0 atom stereocenters. The van der Waals surface area contributed by atoms with Gasteiger partial charge in [-0.15, -0.1) is 0 Å². The SMILES string of the molecule is CNC1(Cn2cc(C)cn2)CC1. The maximum absolute atomic E-state index is 4.27. The summed E-state index contributed by atoms with van der Waals surface area (Å²) in [6.07, 6.45) is 6.56. The zero-order valence-electron chi connectivity index (χ0n) is 7.67. The largest absolute Gasteiger partial charge is 0.313 e. The Labute approximate surface area is 72.8 Å². The van der Waals surface area contributed by atoms with Gasteiger partial charge in [0.15, 0.2) is 0 Å². The fourth-order valence-electron chi connectivity index (χ4n) is 1.50. The molecule has 3 nitrogen and oxygen atoms in total. The molecule has 2 rings (SSSR count). The van der Waals surface area contributed by atoms with E-state index in [0.717, 1.165) is 6.54 Å². The summed E-state index contributed by atoms with van der Waals surface area (Å²) in [5.41, 5.74) is 1.60. The molecule has 0 aliphatic heterocycles. The fraction of sp³-hybridized carbons (Fsp3) is 0.667. The summed E-state index contributed by atoms with van der Waals surface area (Å²) in [6, 6.07) is 0. The molecule has 1 aliphatic carbocycles. The molecular weight excluding hydrogens is 150 g/mol. The molecule has 1 heterocycles. The summed E-state index contributed by atoms with van der Waals surface area (Å²) in [5, 5.41) is 7.61. The lowest BCUT2D eigenvalue weighted by atomic mass is 10.3. The Bertz CT molecular complexity index is 273. The molecule has 12 heavy (non-hydrogen) atoms. The van der Waals surface area contributed by atoms with Gasteiger partial charge in [0.25, 0.3) is 0 Å². The van der Waals surface area contributed by atoms with E-state index in [4.69, 9.17) is 0 Å². The molecule has 0 bridgehead atoms. The predicted octanol–water partition coefficient (Wildman–Crippen LogP) is 0.944. The van der Waals surface area contributed by atoms with E-state index in [0.29, 0.717) is 5.54 Å². The van der Waals surface area contributed by atoms with Gasteiger partial charge in [0.05, 0.1) is 12.7 Å². The molecule has 0 saturated heterocycles. The van der Waals surface area contributed by atoms with E-state index in [2.05, 4.69) is 23.5 Å². The highest BCUT2D eigenvalue weighted by atomic mass is 15.3. The zero-order valence-corrected chi connectivity index (χ0v) is 7.67. The molecule has 66 valence electrons. The monoisotopic (exact) mass is 165 g/mol. The minimum Gasteiger partial charge on any atom is -0.313 e. The second-order valence-corrected chi connectivity index (χ2v) is 3.75. The van der Waals surface area contributed by atoms with Crippen LogP contribution in [0.1, 0.15) is 18.4 Å². The molecule has 1 fully saturated rings. The van der Waals surface area contributed by atoms with Crippen LogP contribution in [-0.2, 0) is 6.54 Å². The predicted molar refractivity (Wildman–Crippen MR) is 48.0 cm³/mol. The Kier molecular flexibility index (Phi) is 1.68. The lowest BCUT2D eigenvalue weighted by molar-refractivity contribution is 0.437. The van der Waals surface area contributed by atoms with Gasteiger partial charge in [0.1, 0.15) is 0 Å². The third-order valence-electron chi connectivity index (χ3n) is 2.61. The molecule has 1 N–H and O–H groups in total. The van der Waals surface area contributed by atoms with Gasteiger partial charge >= 0.3 is 0 Å². The van der Waals surface area contributed by atoms with E-state index in [-0.39, 0.29) is 0 Å². The highest BCUT2D eigenvalue weighted by Crippen LogP contribution is 2.36. The third-order valence-corrected chi connectivity index (χ3v) is 2.61. The van der Waals surface area contributed by atoms with Crippen LogP contribution in [0.5, 0.6) is 0 Å². The second kappa shape index (κ2) is 2.59. The molecule has 0 unspecified atom stereocenters. The van der Waals surface area contributed by atoms with Gasteiger partial charge in [-0.1, -0.05) is 0 Å². The zero-order chi connectivity index (χ0) is 8.60. The second-order valence-electron chi connectivity index (χ2n) is 3.75. The molecule has 1 aromatic heterocycles. The van der Waals surface area contributed by atoms with Crippen molar-refractivity contribution in [3.05, 3.63) is 18.0 Å². The highest BCUT2D eigenvalue weighted by molar-refractivity contribution is 5.04. The van der Waals surface area contributed by atoms with Gasteiger partial charge in [0.2, 0.25) is 0 Å². The number of aromatic nitrogens is 2. The van der Waals surface area contributed by atoms with Gasteiger partial charge in [-0.25, -0.2) is 0 Å². The normalized spacial score (nSPS) is 19.5. The Morgan fingerprint density at radius 1 is 1.67 bits per heavy atom.